The van der Waals surface area contributed by atoms with Crippen molar-refractivity contribution in [2.45, 2.75) is 6.92 Å². The van der Waals surface area contributed by atoms with Gasteiger partial charge in [-0.05, 0) is 42.8 Å². The molecule has 0 fully saturated rings. The van der Waals surface area contributed by atoms with Crippen molar-refractivity contribution in [2.24, 2.45) is 5.73 Å². The minimum absolute atomic E-state index is 0.435. The number of rotatable bonds is 5. The van der Waals surface area contributed by atoms with Gasteiger partial charge in [0.2, 0.25) is 5.91 Å². The van der Waals surface area contributed by atoms with E-state index in [-0.39, 0.29) is 0 Å². The molecule has 0 unspecified atom stereocenters. The lowest BCUT2D eigenvalue weighted by molar-refractivity contribution is 0.0999. The third kappa shape index (κ3) is 3.88. The number of hydrogen-bond acceptors (Lipinski definition) is 5. The van der Waals surface area contributed by atoms with Crippen molar-refractivity contribution < 1.29 is 14.3 Å². The first-order chi connectivity index (χ1) is 13.0. The summed E-state index contributed by atoms with van der Waals surface area (Å²) < 4.78 is 11.1. The van der Waals surface area contributed by atoms with Gasteiger partial charge in [0.1, 0.15) is 23.3 Å². The third-order valence-electron chi connectivity index (χ3n) is 4.05. The summed E-state index contributed by atoms with van der Waals surface area (Å²) in [5.74, 6) is 1.12. The maximum atomic E-state index is 11.4. The van der Waals surface area contributed by atoms with Crippen LogP contribution < -0.4 is 15.2 Å². The first-order valence-electron chi connectivity index (χ1n) is 8.14. The van der Waals surface area contributed by atoms with Gasteiger partial charge in [0, 0.05) is 29.5 Å². The Kier molecular flexibility index (Phi) is 5.04. The highest BCUT2D eigenvalue weighted by molar-refractivity contribution is 5.94. The van der Waals surface area contributed by atoms with Gasteiger partial charge in [-0.25, -0.2) is 0 Å². The highest BCUT2D eigenvalue weighted by Gasteiger charge is 2.09. The van der Waals surface area contributed by atoms with Crippen LogP contribution in [0.3, 0.4) is 0 Å². The summed E-state index contributed by atoms with van der Waals surface area (Å²) in [5.41, 5.74) is 8.60. The molecule has 2 aromatic carbocycles. The third-order valence-corrected chi connectivity index (χ3v) is 4.05. The molecule has 0 saturated heterocycles. The van der Waals surface area contributed by atoms with Gasteiger partial charge in [0.15, 0.2) is 0 Å². The fourth-order valence-corrected chi connectivity index (χ4v) is 2.70. The van der Waals surface area contributed by atoms with Crippen molar-refractivity contribution in [1.29, 1.82) is 5.26 Å². The summed E-state index contributed by atoms with van der Waals surface area (Å²) in [6.07, 6.45) is 1.64. The number of amides is 1. The van der Waals surface area contributed by atoms with Gasteiger partial charge in [-0.15, -0.1) is 0 Å². The molecular formula is C21H17N3O3. The molecular weight excluding hydrogens is 342 g/mol. The number of ether oxygens (including phenoxy) is 2. The minimum atomic E-state index is -0.459. The number of methoxy groups -OCH3 is 1. The molecule has 3 rings (SSSR count). The van der Waals surface area contributed by atoms with E-state index in [1.807, 2.05) is 13.0 Å². The van der Waals surface area contributed by atoms with Crippen LogP contribution in [0.15, 0.2) is 54.7 Å². The summed E-state index contributed by atoms with van der Waals surface area (Å²) in [5, 5.41) is 9.06. The average molecular weight is 359 g/mol. The maximum absolute atomic E-state index is 11.4. The lowest BCUT2D eigenvalue weighted by Crippen LogP contribution is -2.12. The molecule has 0 atom stereocenters. The van der Waals surface area contributed by atoms with Gasteiger partial charge in [0.25, 0.3) is 0 Å². The zero-order chi connectivity index (χ0) is 19.4. The molecule has 6 nitrogen and oxygen atoms in total. The molecule has 1 amide bonds. The van der Waals surface area contributed by atoms with E-state index in [0.717, 1.165) is 11.1 Å². The van der Waals surface area contributed by atoms with Gasteiger partial charge in [-0.1, -0.05) is 6.07 Å². The maximum Gasteiger partial charge on any atom is 0.248 e. The summed E-state index contributed by atoms with van der Waals surface area (Å²) in [6.45, 7) is 1.83. The molecule has 1 aromatic heterocycles. The predicted octanol–water partition coefficient (Wildman–Crippen LogP) is 3.83. The van der Waals surface area contributed by atoms with Crippen LogP contribution >= 0.6 is 0 Å². The molecule has 0 saturated carbocycles. The largest absolute Gasteiger partial charge is 0.495 e. The number of nitrogens with zero attached hydrogens (tertiary/aromatic N) is 2. The Bertz CT molecular complexity index is 1050. The monoisotopic (exact) mass is 359 g/mol. The zero-order valence-corrected chi connectivity index (χ0v) is 14.9. The number of primary amides is 1. The second kappa shape index (κ2) is 7.58. The molecule has 3 aromatic rings. The molecule has 2 N–H and O–H groups in total. The van der Waals surface area contributed by atoms with Gasteiger partial charge in [-0.2, -0.15) is 5.26 Å². The number of aryl methyl sites for hydroxylation is 1. The Labute approximate surface area is 156 Å². The molecule has 27 heavy (non-hydrogen) atoms. The highest BCUT2D eigenvalue weighted by atomic mass is 16.5. The van der Waals surface area contributed by atoms with Crippen LogP contribution in [-0.2, 0) is 0 Å². The second-order valence-corrected chi connectivity index (χ2v) is 5.85. The van der Waals surface area contributed by atoms with Gasteiger partial charge in [-0.3, -0.25) is 9.78 Å². The van der Waals surface area contributed by atoms with Gasteiger partial charge in [0.05, 0.1) is 18.4 Å². The summed E-state index contributed by atoms with van der Waals surface area (Å²) >= 11 is 0. The Balaban J connectivity index is 1.89. The van der Waals surface area contributed by atoms with Gasteiger partial charge >= 0.3 is 0 Å². The van der Waals surface area contributed by atoms with Crippen LogP contribution in [0.1, 0.15) is 21.5 Å². The summed E-state index contributed by atoms with van der Waals surface area (Å²) in [6, 6.07) is 15.9. The van der Waals surface area contributed by atoms with Crippen molar-refractivity contribution in [2.75, 3.05) is 7.11 Å². The molecule has 0 aliphatic heterocycles. The van der Waals surface area contributed by atoms with E-state index >= 15 is 0 Å². The molecule has 1 heterocycles. The van der Waals surface area contributed by atoms with E-state index in [4.69, 9.17) is 20.5 Å². The topological polar surface area (TPSA) is 98.2 Å². The quantitative estimate of drug-likeness (QED) is 0.746. The normalized spacial score (nSPS) is 10.1. The number of carbonyl (C=O) groups is 1. The molecule has 0 aliphatic rings. The van der Waals surface area contributed by atoms with Crippen LogP contribution in [0.25, 0.3) is 11.3 Å². The molecule has 0 radical (unpaired) electrons. The lowest BCUT2D eigenvalue weighted by atomic mass is 10.0. The van der Waals surface area contributed by atoms with Gasteiger partial charge < -0.3 is 15.2 Å². The number of nitriles is 1. The van der Waals surface area contributed by atoms with Crippen molar-refractivity contribution >= 4 is 5.91 Å². The van der Waals surface area contributed by atoms with Crippen molar-refractivity contribution in [3.8, 4) is 34.6 Å². The zero-order valence-electron chi connectivity index (χ0n) is 14.9. The van der Waals surface area contributed by atoms with Crippen molar-refractivity contribution in [3.63, 3.8) is 0 Å². The van der Waals surface area contributed by atoms with E-state index in [9.17, 15) is 4.79 Å². The van der Waals surface area contributed by atoms with Crippen LogP contribution in [0, 0.1) is 18.3 Å². The number of carbonyl (C=O) groups excluding carboxylic acids is 1. The SMILES string of the molecule is COc1cc(Oc2ccnc(-c3ccc(C(N)=O)c(C)c3)c2)ccc1C#N. The van der Waals surface area contributed by atoms with E-state index in [1.54, 1.807) is 48.7 Å². The molecule has 6 heteroatoms. The standard InChI is InChI=1S/C21H17N3O3/c1-13-9-14(4-6-18(13)21(23)25)19-10-17(7-8-24-19)27-16-5-3-15(12-22)20(11-16)26-2/h3-11H,1-2H3,(H2,23,25). The first kappa shape index (κ1) is 18.0. The highest BCUT2D eigenvalue weighted by Crippen LogP contribution is 2.30. The van der Waals surface area contributed by atoms with E-state index in [0.29, 0.717) is 34.1 Å². The molecule has 0 aliphatic carbocycles. The smallest absolute Gasteiger partial charge is 0.248 e. The van der Waals surface area contributed by atoms with Crippen LogP contribution in [0.4, 0.5) is 0 Å². The predicted molar refractivity (Wildman–Crippen MR) is 101 cm³/mol. The summed E-state index contributed by atoms with van der Waals surface area (Å²) in [4.78, 5) is 15.7. The Hall–Kier alpha value is -3.85. The Morgan fingerprint density at radius 2 is 1.89 bits per heavy atom. The van der Waals surface area contributed by atoms with E-state index in [2.05, 4.69) is 11.1 Å². The van der Waals surface area contributed by atoms with Crippen molar-refractivity contribution in [3.05, 3.63) is 71.4 Å². The minimum Gasteiger partial charge on any atom is -0.495 e. The number of pyridine rings is 1. The number of hydrogen-bond donors (Lipinski definition) is 1. The average Bonchev–Trinajstić information content (AvgIpc) is 2.67. The summed E-state index contributed by atoms with van der Waals surface area (Å²) in [7, 11) is 1.50. The Morgan fingerprint density at radius 3 is 2.56 bits per heavy atom. The number of aromatic nitrogens is 1. The van der Waals surface area contributed by atoms with E-state index in [1.165, 1.54) is 7.11 Å². The molecule has 0 bridgehead atoms. The van der Waals surface area contributed by atoms with Crippen LogP contribution in [-0.4, -0.2) is 18.0 Å². The van der Waals surface area contributed by atoms with Crippen LogP contribution in [0.2, 0.25) is 0 Å². The molecule has 0 spiro atoms. The fraction of sp³-hybridized carbons (Fsp3) is 0.0952. The Morgan fingerprint density at radius 1 is 1.11 bits per heavy atom. The fourth-order valence-electron chi connectivity index (χ4n) is 2.70. The number of nitrogens with two attached hydrogens (primary N) is 1. The van der Waals surface area contributed by atoms with Crippen molar-refractivity contribution in [1.82, 2.24) is 4.98 Å². The number of benzene rings is 2. The second-order valence-electron chi connectivity index (χ2n) is 5.85. The molecule has 134 valence electrons. The van der Waals surface area contributed by atoms with Crippen LogP contribution in [0.5, 0.6) is 17.2 Å². The first-order valence-corrected chi connectivity index (χ1v) is 8.14. The lowest BCUT2D eigenvalue weighted by Gasteiger charge is -2.10. The van der Waals surface area contributed by atoms with E-state index < -0.39 is 5.91 Å².